The van der Waals surface area contributed by atoms with E-state index in [4.69, 9.17) is 11.6 Å². The highest BCUT2D eigenvalue weighted by atomic mass is 35.5. The summed E-state index contributed by atoms with van der Waals surface area (Å²) in [5.41, 5.74) is 0.986. The van der Waals surface area contributed by atoms with Gasteiger partial charge in [-0.3, -0.25) is 4.90 Å². The topological polar surface area (TPSA) is 15.3 Å². The molecule has 0 aliphatic carbocycles. The number of piperazine rings is 1. The van der Waals surface area contributed by atoms with Gasteiger partial charge in [-0.1, -0.05) is 18.5 Å². The maximum Gasteiger partial charge on any atom is 0.125 e. The van der Waals surface area contributed by atoms with Gasteiger partial charge in [0, 0.05) is 37.2 Å². The predicted octanol–water partition coefficient (Wildman–Crippen LogP) is 2.84. The van der Waals surface area contributed by atoms with Crippen molar-refractivity contribution in [2.24, 2.45) is 0 Å². The quantitative estimate of drug-likeness (QED) is 0.895. The smallest absolute Gasteiger partial charge is 0.125 e. The van der Waals surface area contributed by atoms with Crippen molar-refractivity contribution in [2.75, 3.05) is 26.2 Å². The van der Waals surface area contributed by atoms with Crippen LogP contribution in [0.1, 0.15) is 24.9 Å². The number of hydrogen-bond donors (Lipinski definition) is 1. The van der Waals surface area contributed by atoms with Crippen molar-refractivity contribution in [1.82, 2.24) is 10.2 Å². The molecular formula is C13H18ClFN2. The van der Waals surface area contributed by atoms with Crippen molar-refractivity contribution < 1.29 is 4.39 Å². The molecule has 1 heterocycles. The first-order valence-corrected chi connectivity index (χ1v) is 6.49. The molecule has 1 aromatic carbocycles. The van der Waals surface area contributed by atoms with Gasteiger partial charge in [-0.05, 0) is 30.2 Å². The lowest BCUT2D eigenvalue weighted by molar-refractivity contribution is 0.169. The first kappa shape index (κ1) is 12.8. The van der Waals surface area contributed by atoms with E-state index in [1.807, 2.05) is 6.07 Å². The summed E-state index contributed by atoms with van der Waals surface area (Å²) in [5, 5.41) is 3.81. The summed E-state index contributed by atoms with van der Waals surface area (Å²) in [6.07, 6.45) is 0.972. The fourth-order valence-corrected chi connectivity index (χ4v) is 2.70. The van der Waals surface area contributed by atoms with E-state index in [0.29, 0.717) is 5.02 Å². The van der Waals surface area contributed by atoms with Crippen molar-refractivity contribution in [1.29, 1.82) is 0 Å². The van der Waals surface area contributed by atoms with Gasteiger partial charge in [-0.15, -0.1) is 0 Å². The van der Waals surface area contributed by atoms with Crippen LogP contribution in [0.5, 0.6) is 0 Å². The van der Waals surface area contributed by atoms with E-state index >= 15 is 0 Å². The zero-order valence-electron chi connectivity index (χ0n) is 10.0. The number of nitrogens with zero attached hydrogens (tertiary/aromatic N) is 1. The average molecular weight is 257 g/mol. The molecule has 1 fully saturated rings. The molecule has 2 rings (SSSR count). The summed E-state index contributed by atoms with van der Waals surface area (Å²) >= 11 is 5.92. The Morgan fingerprint density at radius 3 is 2.65 bits per heavy atom. The molecule has 0 spiro atoms. The van der Waals surface area contributed by atoms with Crippen LogP contribution in [0.15, 0.2) is 18.2 Å². The molecule has 94 valence electrons. The first-order chi connectivity index (χ1) is 8.20. The standard InChI is InChI=1S/C13H18ClFN2/c1-2-13(17-5-3-16-4-6-17)10-7-11(14)9-12(15)8-10/h7-9,13,16H,2-6H2,1H3/t13-/m1/s1. The molecule has 2 nitrogen and oxygen atoms in total. The van der Waals surface area contributed by atoms with E-state index in [9.17, 15) is 4.39 Å². The summed E-state index contributed by atoms with van der Waals surface area (Å²) < 4.78 is 13.4. The number of hydrogen-bond acceptors (Lipinski definition) is 2. The highest BCUT2D eigenvalue weighted by Gasteiger charge is 2.21. The first-order valence-electron chi connectivity index (χ1n) is 6.11. The van der Waals surface area contributed by atoms with Crippen LogP contribution in [0, 0.1) is 5.82 Å². The zero-order valence-corrected chi connectivity index (χ0v) is 10.8. The van der Waals surface area contributed by atoms with Crippen molar-refractivity contribution in [3.63, 3.8) is 0 Å². The summed E-state index contributed by atoms with van der Waals surface area (Å²) in [6.45, 7) is 6.14. The van der Waals surface area contributed by atoms with Crippen molar-refractivity contribution in [3.8, 4) is 0 Å². The van der Waals surface area contributed by atoms with Gasteiger partial charge < -0.3 is 5.32 Å². The molecule has 0 radical (unpaired) electrons. The molecule has 1 saturated heterocycles. The van der Waals surface area contributed by atoms with Crippen LogP contribution in [0.4, 0.5) is 4.39 Å². The Labute approximate surface area is 107 Å². The van der Waals surface area contributed by atoms with Gasteiger partial charge in [0.25, 0.3) is 0 Å². The monoisotopic (exact) mass is 256 g/mol. The SMILES string of the molecule is CC[C@H](c1cc(F)cc(Cl)c1)N1CCNCC1. The Hall–Kier alpha value is -0.640. The number of nitrogens with one attached hydrogen (secondary N) is 1. The van der Waals surface area contributed by atoms with Gasteiger partial charge in [0.1, 0.15) is 5.82 Å². The molecule has 1 atom stereocenters. The second-order valence-corrected chi connectivity index (χ2v) is 4.85. The fraction of sp³-hybridized carbons (Fsp3) is 0.538. The molecule has 0 bridgehead atoms. The molecule has 1 aromatic rings. The lowest BCUT2D eigenvalue weighted by Gasteiger charge is -2.34. The third-order valence-corrected chi connectivity index (χ3v) is 3.47. The van der Waals surface area contributed by atoms with Gasteiger partial charge in [0.15, 0.2) is 0 Å². The summed E-state index contributed by atoms with van der Waals surface area (Å²) in [6, 6.07) is 5.10. The molecule has 0 saturated carbocycles. The molecule has 1 aliphatic heterocycles. The van der Waals surface area contributed by atoms with Crippen molar-refractivity contribution in [3.05, 3.63) is 34.6 Å². The van der Waals surface area contributed by atoms with E-state index < -0.39 is 0 Å². The third-order valence-electron chi connectivity index (χ3n) is 3.25. The number of rotatable bonds is 3. The van der Waals surface area contributed by atoms with Crippen LogP contribution >= 0.6 is 11.6 Å². The average Bonchev–Trinajstić information content (AvgIpc) is 2.30. The van der Waals surface area contributed by atoms with Crippen LogP contribution in [0.2, 0.25) is 5.02 Å². The molecule has 0 unspecified atom stereocenters. The number of benzene rings is 1. The predicted molar refractivity (Wildman–Crippen MR) is 68.9 cm³/mol. The second-order valence-electron chi connectivity index (χ2n) is 4.41. The molecule has 4 heteroatoms. The Bertz CT molecular complexity index is 357. The van der Waals surface area contributed by atoms with Gasteiger partial charge in [0.05, 0.1) is 0 Å². The van der Waals surface area contributed by atoms with Crippen LogP contribution in [-0.2, 0) is 0 Å². The van der Waals surface area contributed by atoms with E-state index in [1.54, 1.807) is 6.07 Å². The van der Waals surface area contributed by atoms with Crippen LogP contribution in [0.3, 0.4) is 0 Å². The highest BCUT2D eigenvalue weighted by Crippen LogP contribution is 2.27. The number of halogens is 2. The van der Waals surface area contributed by atoms with Crippen LogP contribution in [-0.4, -0.2) is 31.1 Å². The molecule has 0 amide bonds. The lowest BCUT2D eigenvalue weighted by Crippen LogP contribution is -2.45. The van der Waals surface area contributed by atoms with Gasteiger partial charge in [-0.25, -0.2) is 4.39 Å². The second kappa shape index (κ2) is 5.80. The highest BCUT2D eigenvalue weighted by molar-refractivity contribution is 6.30. The van der Waals surface area contributed by atoms with Gasteiger partial charge in [-0.2, -0.15) is 0 Å². The lowest BCUT2D eigenvalue weighted by atomic mass is 10.0. The van der Waals surface area contributed by atoms with E-state index in [2.05, 4.69) is 17.1 Å². The van der Waals surface area contributed by atoms with E-state index in [1.165, 1.54) is 6.07 Å². The summed E-state index contributed by atoms with van der Waals surface area (Å²) in [5.74, 6) is -0.249. The largest absolute Gasteiger partial charge is 0.314 e. The maximum absolute atomic E-state index is 13.4. The van der Waals surface area contributed by atoms with Crippen molar-refractivity contribution >= 4 is 11.6 Å². The molecule has 1 aliphatic rings. The molecule has 1 N–H and O–H groups in total. The van der Waals surface area contributed by atoms with Crippen LogP contribution in [0.25, 0.3) is 0 Å². The minimum Gasteiger partial charge on any atom is -0.314 e. The van der Waals surface area contributed by atoms with Crippen molar-refractivity contribution in [2.45, 2.75) is 19.4 Å². The van der Waals surface area contributed by atoms with E-state index in [0.717, 1.165) is 38.2 Å². The summed E-state index contributed by atoms with van der Waals surface area (Å²) in [4.78, 5) is 2.39. The Morgan fingerprint density at radius 2 is 2.06 bits per heavy atom. The molecule has 17 heavy (non-hydrogen) atoms. The normalized spacial score (nSPS) is 19.2. The Morgan fingerprint density at radius 1 is 1.35 bits per heavy atom. The third kappa shape index (κ3) is 3.18. The van der Waals surface area contributed by atoms with Gasteiger partial charge in [0.2, 0.25) is 0 Å². The maximum atomic E-state index is 13.4. The molecular weight excluding hydrogens is 239 g/mol. The van der Waals surface area contributed by atoms with Gasteiger partial charge >= 0.3 is 0 Å². The summed E-state index contributed by atoms with van der Waals surface area (Å²) in [7, 11) is 0. The fourth-order valence-electron chi connectivity index (χ4n) is 2.47. The minimum atomic E-state index is -0.249. The Kier molecular flexibility index (Phi) is 4.37. The van der Waals surface area contributed by atoms with E-state index in [-0.39, 0.29) is 11.9 Å². The van der Waals surface area contributed by atoms with Crippen LogP contribution < -0.4 is 5.32 Å². The molecule has 0 aromatic heterocycles. The minimum absolute atomic E-state index is 0.249. The zero-order chi connectivity index (χ0) is 12.3. The Balaban J connectivity index is 2.21.